The van der Waals surface area contributed by atoms with Crippen LogP contribution in [0.1, 0.15) is 20.3 Å². The first-order valence-electron chi connectivity index (χ1n) is 6.11. The molecule has 0 aromatic rings. The second-order valence-corrected chi connectivity index (χ2v) is 4.78. The molecule has 0 aliphatic rings. The van der Waals surface area contributed by atoms with E-state index in [0.29, 0.717) is 6.92 Å². The van der Waals surface area contributed by atoms with Gasteiger partial charge in [0.2, 0.25) is 0 Å². The summed E-state index contributed by atoms with van der Waals surface area (Å²) in [5, 5.41) is 0. The van der Waals surface area contributed by atoms with Gasteiger partial charge in [0.1, 0.15) is 0 Å². The molecule has 0 aromatic heterocycles. The zero-order valence-corrected chi connectivity index (χ0v) is 12.0. The normalized spacial score (nSPS) is 16.0. The van der Waals surface area contributed by atoms with E-state index in [2.05, 4.69) is 4.74 Å². The van der Waals surface area contributed by atoms with Gasteiger partial charge in [-0.3, -0.25) is 4.79 Å². The van der Waals surface area contributed by atoms with Crippen molar-refractivity contribution in [2.45, 2.75) is 50.1 Å². The molecule has 0 bridgehead atoms. The molecular weight excluding hydrogens is 373 g/mol. The summed E-state index contributed by atoms with van der Waals surface area (Å²) in [4.78, 5) is 11.0. The van der Waals surface area contributed by atoms with Crippen molar-refractivity contribution in [2.24, 2.45) is 5.92 Å². The van der Waals surface area contributed by atoms with Gasteiger partial charge in [0.05, 0.1) is 12.5 Å². The Labute approximate surface area is 127 Å². The predicted molar refractivity (Wildman–Crippen MR) is 56.3 cm³/mol. The zero-order chi connectivity index (χ0) is 19.8. The van der Waals surface area contributed by atoms with Gasteiger partial charge in [-0.2, -0.15) is 48.3 Å². The third-order valence-corrected chi connectivity index (χ3v) is 2.86. The molecule has 1 unspecified atom stereocenters. The smallest absolute Gasteiger partial charge is 0.460 e. The number of rotatable bonds is 7. The molecule has 0 fully saturated rings. The first kappa shape index (κ1) is 22.7. The van der Waals surface area contributed by atoms with Crippen LogP contribution >= 0.6 is 0 Å². The van der Waals surface area contributed by atoms with Gasteiger partial charge in [-0.25, -0.2) is 0 Å². The summed E-state index contributed by atoms with van der Waals surface area (Å²) in [6.45, 7) is 1.32. The summed E-state index contributed by atoms with van der Waals surface area (Å²) >= 11 is 0. The van der Waals surface area contributed by atoms with E-state index in [9.17, 15) is 53.1 Å². The molecule has 0 N–H and O–H groups in total. The van der Waals surface area contributed by atoms with E-state index in [0.717, 1.165) is 0 Å². The zero-order valence-electron chi connectivity index (χ0n) is 12.0. The fraction of sp³-hybridized carbons (Fsp3) is 0.909. The number of carbonyl (C=O) groups is 1. The van der Waals surface area contributed by atoms with Gasteiger partial charge >= 0.3 is 35.8 Å². The van der Waals surface area contributed by atoms with Crippen LogP contribution in [0.5, 0.6) is 0 Å². The standard InChI is InChI=1S/C11H11F11O2/c1-3-24-6(23)5(2)4-7(12,13)8(14,15)9(16,17)10(18,19)11(20,21)22/h5H,3-4H2,1-2H3. The highest BCUT2D eigenvalue weighted by atomic mass is 19.4. The molecule has 0 heterocycles. The predicted octanol–water partition coefficient (Wildman–Crippen LogP) is 4.68. The number of hydrogen-bond acceptors (Lipinski definition) is 2. The molecular formula is C11H11F11O2. The SMILES string of the molecule is CCOC(=O)C(C)CC(F)(F)C(F)(F)C(F)(F)C(F)(F)C(F)(F)F. The first-order chi connectivity index (χ1) is 10.4. The van der Waals surface area contributed by atoms with Crippen molar-refractivity contribution in [3.8, 4) is 0 Å². The average Bonchev–Trinajstić information content (AvgIpc) is 2.36. The van der Waals surface area contributed by atoms with Gasteiger partial charge in [0.15, 0.2) is 0 Å². The molecule has 0 radical (unpaired) electrons. The molecule has 0 amide bonds. The van der Waals surface area contributed by atoms with Crippen LogP contribution in [0.2, 0.25) is 0 Å². The van der Waals surface area contributed by atoms with Crippen molar-refractivity contribution < 1.29 is 57.8 Å². The summed E-state index contributed by atoms with van der Waals surface area (Å²) in [5.41, 5.74) is 0. The van der Waals surface area contributed by atoms with Gasteiger partial charge in [0.25, 0.3) is 0 Å². The Kier molecular flexibility index (Phi) is 6.19. The number of esters is 1. The van der Waals surface area contributed by atoms with E-state index < -0.39 is 54.8 Å². The maximum absolute atomic E-state index is 13.3. The lowest BCUT2D eigenvalue weighted by Crippen LogP contribution is -2.66. The number of hydrogen-bond donors (Lipinski definition) is 0. The molecule has 2 nitrogen and oxygen atoms in total. The third kappa shape index (κ3) is 3.68. The highest BCUT2D eigenvalue weighted by molar-refractivity contribution is 5.72. The Morgan fingerprint density at radius 3 is 1.58 bits per heavy atom. The van der Waals surface area contributed by atoms with Crippen LogP contribution < -0.4 is 0 Å². The average molecular weight is 384 g/mol. The molecule has 13 heteroatoms. The fourth-order valence-electron chi connectivity index (χ4n) is 1.49. The number of carbonyl (C=O) groups excluding carboxylic acids is 1. The van der Waals surface area contributed by atoms with Gasteiger partial charge < -0.3 is 4.74 Å². The third-order valence-electron chi connectivity index (χ3n) is 2.86. The summed E-state index contributed by atoms with van der Waals surface area (Å²) in [6, 6.07) is 0. The second kappa shape index (κ2) is 6.54. The number of ether oxygens (including phenoxy) is 1. The van der Waals surface area contributed by atoms with E-state index in [4.69, 9.17) is 0 Å². The minimum absolute atomic E-state index is 0.395. The van der Waals surface area contributed by atoms with Crippen molar-refractivity contribution in [3.05, 3.63) is 0 Å². The highest BCUT2D eigenvalue weighted by Crippen LogP contribution is 2.58. The van der Waals surface area contributed by atoms with Gasteiger partial charge in [-0.15, -0.1) is 0 Å². The van der Waals surface area contributed by atoms with Crippen LogP contribution in [0.15, 0.2) is 0 Å². The molecule has 0 rings (SSSR count). The van der Waals surface area contributed by atoms with Crippen LogP contribution in [0.25, 0.3) is 0 Å². The lowest BCUT2D eigenvalue weighted by atomic mass is 9.91. The van der Waals surface area contributed by atoms with Crippen molar-refractivity contribution in [3.63, 3.8) is 0 Å². The van der Waals surface area contributed by atoms with Crippen molar-refractivity contribution >= 4 is 5.97 Å². The molecule has 24 heavy (non-hydrogen) atoms. The van der Waals surface area contributed by atoms with Gasteiger partial charge in [-0.05, 0) is 6.92 Å². The van der Waals surface area contributed by atoms with Crippen LogP contribution in [-0.4, -0.2) is 42.4 Å². The largest absolute Gasteiger partial charge is 0.466 e. The Balaban J connectivity index is 5.73. The van der Waals surface area contributed by atoms with Gasteiger partial charge in [-0.1, -0.05) is 6.92 Å². The Bertz CT molecular complexity index is 455. The quantitative estimate of drug-likeness (QED) is 0.471. The number of halogens is 11. The van der Waals surface area contributed by atoms with Crippen LogP contribution in [0, 0.1) is 5.92 Å². The molecule has 0 spiro atoms. The lowest BCUT2D eigenvalue weighted by Gasteiger charge is -2.37. The van der Waals surface area contributed by atoms with E-state index >= 15 is 0 Å². The molecule has 1 atom stereocenters. The molecule has 0 aliphatic heterocycles. The van der Waals surface area contributed by atoms with Crippen molar-refractivity contribution in [1.29, 1.82) is 0 Å². The summed E-state index contributed by atoms with van der Waals surface area (Å²) in [5.74, 6) is -31.8. The first-order valence-corrected chi connectivity index (χ1v) is 6.11. The Morgan fingerprint density at radius 2 is 1.25 bits per heavy atom. The van der Waals surface area contributed by atoms with E-state index in [1.54, 1.807) is 0 Å². The lowest BCUT2D eigenvalue weighted by molar-refractivity contribution is -0.423. The second-order valence-electron chi connectivity index (χ2n) is 4.78. The summed E-state index contributed by atoms with van der Waals surface area (Å²) in [6.07, 6.45) is -9.63. The molecule has 0 aliphatic carbocycles. The van der Waals surface area contributed by atoms with Crippen LogP contribution in [-0.2, 0) is 9.53 Å². The van der Waals surface area contributed by atoms with E-state index in [1.165, 1.54) is 6.92 Å². The van der Waals surface area contributed by atoms with Crippen molar-refractivity contribution in [1.82, 2.24) is 0 Å². The maximum Gasteiger partial charge on any atom is 0.460 e. The fourth-order valence-corrected chi connectivity index (χ4v) is 1.49. The molecule has 144 valence electrons. The van der Waals surface area contributed by atoms with Crippen molar-refractivity contribution in [2.75, 3.05) is 6.61 Å². The summed E-state index contributed by atoms with van der Waals surface area (Å²) in [7, 11) is 0. The topological polar surface area (TPSA) is 26.3 Å². The highest BCUT2D eigenvalue weighted by Gasteiger charge is 2.87. The monoisotopic (exact) mass is 384 g/mol. The Hall–Kier alpha value is -1.30. The molecule has 0 aromatic carbocycles. The molecule has 0 saturated carbocycles. The van der Waals surface area contributed by atoms with Gasteiger partial charge in [0, 0.05) is 6.42 Å². The molecule has 0 saturated heterocycles. The van der Waals surface area contributed by atoms with E-state index in [1.807, 2.05) is 0 Å². The van der Waals surface area contributed by atoms with Crippen LogP contribution in [0.3, 0.4) is 0 Å². The maximum atomic E-state index is 13.3. The van der Waals surface area contributed by atoms with Crippen LogP contribution in [0.4, 0.5) is 48.3 Å². The number of alkyl halides is 11. The van der Waals surface area contributed by atoms with E-state index in [-0.39, 0.29) is 0 Å². The summed E-state index contributed by atoms with van der Waals surface area (Å²) < 4.78 is 144. The minimum Gasteiger partial charge on any atom is -0.466 e. The Morgan fingerprint density at radius 1 is 0.833 bits per heavy atom. The minimum atomic E-state index is -7.46.